The summed E-state index contributed by atoms with van der Waals surface area (Å²) in [7, 11) is 3.35. The lowest BCUT2D eigenvalue weighted by atomic mass is 9.83. The lowest BCUT2D eigenvalue weighted by Crippen LogP contribution is -2.59. The molecule has 5 fully saturated rings. The second-order valence-corrected chi connectivity index (χ2v) is 23.9. The van der Waals surface area contributed by atoms with Gasteiger partial charge in [-0.25, -0.2) is 0 Å². The molecule has 0 radical (unpaired) electrons. The first-order valence-corrected chi connectivity index (χ1v) is 27.5. The van der Waals surface area contributed by atoms with Crippen molar-refractivity contribution >= 4 is 70.8 Å². The first kappa shape index (κ1) is 54.6. The van der Waals surface area contributed by atoms with Gasteiger partial charge in [0.1, 0.15) is 36.3 Å². The number of thioether (sulfide) groups is 2. The number of benzene rings is 2. The summed E-state index contributed by atoms with van der Waals surface area (Å²) in [6, 6.07) is 10.9. The molecule has 10 atom stereocenters. The Morgan fingerprint density at radius 3 is 1.21 bits per heavy atom. The second-order valence-electron chi connectivity index (χ2n) is 21.3. The van der Waals surface area contributed by atoms with Crippen LogP contribution in [-0.4, -0.2) is 142 Å². The Morgan fingerprint density at radius 1 is 0.528 bits per heavy atom. The zero-order valence-corrected chi connectivity index (χ0v) is 44.4. The van der Waals surface area contributed by atoms with Gasteiger partial charge in [-0.2, -0.15) is 0 Å². The van der Waals surface area contributed by atoms with E-state index in [1.54, 1.807) is 110 Å². The van der Waals surface area contributed by atoms with Gasteiger partial charge in [0.2, 0.25) is 47.3 Å². The average molecular weight is 1030 g/mol. The summed E-state index contributed by atoms with van der Waals surface area (Å²) in [5.41, 5.74) is -0.120. The van der Waals surface area contributed by atoms with Crippen molar-refractivity contribution in [1.29, 1.82) is 0 Å². The largest absolute Gasteiger partial charge is 0.351 e. The topological polar surface area (TPSA) is 239 Å². The minimum Gasteiger partial charge on any atom is -0.351 e. The van der Waals surface area contributed by atoms with Crippen molar-refractivity contribution in [2.24, 2.45) is 10.8 Å². The molecule has 0 spiro atoms. The SMILES string of the molecule is CN[C@@H](C)C(=O)N[C@H]1CCS[C@H]2CC(C)(C)[C@@H](C(=O)N[C@@H](C(=O)NC3CCC(NC(=O)[C@@H](NC(=O)[C@H]4N5C(=O)[C@H](NC(=O)[C@H](C)NC)CCS[C@H]5CC4(C)C)c4ccccc4)CC3)c3ccccc3)N2C1=O. The predicted octanol–water partition coefficient (Wildman–Crippen LogP) is 2.61. The molecule has 2 aromatic rings. The molecule has 4 saturated heterocycles. The van der Waals surface area contributed by atoms with Gasteiger partial charge in [-0.05, 0) is 113 Å². The molecule has 0 aromatic heterocycles. The molecular formula is C52H74N10O8S2. The highest BCUT2D eigenvalue weighted by Gasteiger charge is 2.56. The second kappa shape index (κ2) is 23.4. The van der Waals surface area contributed by atoms with E-state index in [1.165, 1.54) is 0 Å². The lowest BCUT2D eigenvalue weighted by molar-refractivity contribution is -0.144. The van der Waals surface area contributed by atoms with Crippen LogP contribution in [0.2, 0.25) is 0 Å². The van der Waals surface area contributed by atoms with Crippen LogP contribution >= 0.6 is 23.5 Å². The number of fused-ring (bicyclic) bond motifs is 2. The molecule has 4 aliphatic heterocycles. The monoisotopic (exact) mass is 1030 g/mol. The summed E-state index contributed by atoms with van der Waals surface area (Å²) in [5.74, 6) is -1.69. The molecule has 4 heterocycles. The van der Waals surface area contributed by atoms with Gasteiger partial charge in [0.25, 0.3) is 0 Å². The van der Waals surface area contributed by atoms with Crippen LogP contribution in [0.15, 0.2) is 60.7 Å². The standard InChI is InChI=1S/C52H74N10O8S2/c1-29(53-7)43(63)57-35-23-25-71-37-27-51(3,4)41(61(37)49(35)69)47(67)59-39(31-15-11-9-12-16-31)45(65)55-33-19-21-34(22-20-33)56-46(66)40(32-17-13-10-14-18-32)60-48(68)42-52(5,6)28-38-62(42)50(70)36(24-26-72-38)58-44(64)30(2)54-8/h9-18,29-30,33-42,53-54H,19-28H2,1-8H3,(H,55,65)(H,56,66)(H,57,63)(H,58,64)(H,59,67)(H,60,68)/t29-,30-,33?,34?,35-,36+,37-,38-,39+,40-,41+,42+/m0/s1. The highest BCUT2D eigenvalue weighted by molar-refractivity contribution is 8.00. The Balaban J connectivity index is 1.00. The van der Waals surface area contributed by atoms with Crippen molar-refractivity contribution in [2.45, 2.75) is 164 Å². The average Bonchev–Trinajstić information content (AvgIpc) is 3.68. The molecule has 0 unspecified atom stereocenters. The van der Waals surface area contributed by atoms with Crippen LogP contribution in [0.25, 0.3) is 0 Å². The molecule has 18 nitrogen and oxygen atoms in total. The normalized spacial score (nSPS) is 28.3. The Bertz CT molecular complexity index is 2160. The van der Waals surface area contributed by atoms with Gasteiger partial charge >= 0.3 is 0 Å². The molecule has 8 amide bonds. The summed E-state index contributed by atoms with van der Waals surface area (Å²) in [6.07, 6.45) is 4.11. The van der Waals surface area contributed by atoms with Crippen LogP contribution in [0.4, 0.5) is 0 Å². The summed E-state index contributed by atoms with van der Waals surface area (Å²) in [4.78, 5) is 115. The Hall–Kier alpha value is -5.18. The maximum absolute atomic E-state index is 14.6. The first-order chi connectivity index (χ1) is 34.2. The highest BCUT2D eigenvalue weighted by atomic mass is 32.2. The maximum atomic E-state index is 14.6. The number of hydrogen-bond acceptors (Lipinski definition) is 12. The molecule has 392 valence electrons. The van der Waals surface area contributed by atoms with E-state index in [-0.39, 0.29) is 46.5 Å². The molecule has 0 bridgehead atoms. The minimum absolute atomic E-state index is 0.268. The Labute approximate surface area is 432 Å². The van der Waals surface area contributed by atoms with E-state index >= 15 is 0 Å². The fraction of sp³-hybridized carbons (Fsp3) is 0.615. The molecule has 2 aromatic carbocycles. The van der Waals surface area contributed by atoms with E-state index in [9.17, 15) is 38.4 Å². The van der Waals surface area contributed by atoms with E-state index in [2.05, 4.69) is 42.5 Å². The van der Waals surface area contributed by atoms with E-state index < -0.39 is 82.8 Å². The number of carbonyl (C=O) groups is 8. The maximum Gasteiger partial charge on any atom is 0.247 e. The van der Waals surface area contributed by atoms with Crippen LogP contribution in [-0.2, 0) is 38.4 Å². The Kier molecular flexibility index (Phi) is 17.7. The number of nitrogens with one attached hydrogen (secondary N) is 8. The third-order valence-electron chi connectivity index (χ3n) is 15.2. The molecular weight excluding hydrogens is 957 g/mol. The minimum atomic E-state index is -1.07. The van der Waals surface area contributed by atoms with E-state index in [1.807, 2.05) is 39.8 Å². The van der Waals surface area contributed by atoms with Crippen molar-refractivity contribution in [2.75, 3.05) is 25.6 Å². The first-order valence-electron chi connectivity index (χ1n) is 25.4. The molecule has 8 N–H and O–H groups in total. The number of amides is 8. The molecule has 1 saturated carbocycles. The summed E-state index contributed by atoms with van der Waals surface area (Å²) in [5, 5.41) is 23.5. The van der Waals surface area contributed by atoms with Crippen molar-refractivity contribution in [1.82, 2.24) is 52.3 Å². The van der Waals surface area contributed by atoms with Gasteiger partial charge in [-0.3, -0.25) is 38.4 Å². The predicted molar refractivity (Wildman–Crippen MR) is 278 cm³/mol. The Morgan fingerprint density at radius 2 is 0.875 bits per heavy atom. The van der Waals surface area contributed by atoms with Crippen LogP contribution in [0.1, 0.15) is 116 Å². The van der Waals surface area contributed by atoms with Gasteiger partial charge < -0.3 is 52.3 Å². The van der Waals surface area contributed by atoms with Gasteiger partial charge in [0.15, 0.2) is 0 Å². The molecule has 5 aliphatic rings. The van der Waals surface area contributed by atoms with Crippen molar-refractivity contribution in [3.63, 3.8) is 0 Å². The van der Waals surface area contributed by atoms with Gasteiger partial charge in [-0.1, -0.05) is 88.4 Å². The van der Waals surface area contributed by atoms with E-state index in [0.717, 1.165) is 0 Å². The summed E-state index contributed by atoms with van der Waals surface area (Å²) < 4.78 is 0. The van der Waals surface area contributed by atoms with Crippen LogP contribution in [0.5, 0.6) is 0 Å². The smallest absolute Gasteiger partial charge is 0.247 e. The number of nitrogens with zero attached hydrogens (tertiary/aromatic N) is 2. The highest BCUT2D eigenvalue weighted by Crippen LogP contribution is 2.48. The zero-order valence-electron chi connectivity index (χ0n) is 42.7. The fourth-order valence-electron chi connectivity index (χ4n) is 10.8. The lowest BCUT2D eigenvalue weighted by Gasteiger charge is -2.36. The molecule has 20 heteroatoms. The molecule has 72 heavy (non-hydrogen) atoms. The van der Waals surface area contributed by atoms with Gasteiger partial charge in [0.05, 0.1) is 22.8 Å². The quantitative estimate of drug-likeness (QED) is 0.121. The molecule has 1 aliphatic carbocycles. The van der Waals surface area contributed by atoms with Gasteiger partial charge in [0, 0.05) is 12.1 Å². The third-order valence-corrected chi connectivity index (χ3v) is 17.7. The fourth-order valence-corrected chi connectivity index (χ4v) is 14.0. The number of carbonyl (C=O) groups excluding carboxylic acids is 8. The summed E-state index contributed by atoms with van der Waals surface area (Å²) in [6.45, 7) is 11.2. The van der Waals surface area contributed by atoms with Crippen LogP contribution in [0, 0.1) is 10.8 Å². The van der Waals surface area contributed by atoms with Crippen molar-refractivity contribution in [3.8, 4) is 0 Å². The number of rotatable bonds is 16. The third kappa shape index (κ3) is 12.2. The van der Waals surface area contributed by atoms with Crippen LogP contribution in [0.3, 0.4) is 0 Å². The van der Waals surface area contributed by atoms with E-state index in [4.69, 9.17) is 0 Å². The van der Waals surface area contributed by atoms with Crippen molar-refractivity contribution in [3.05, 3.63) is 71.8 Å². The zero-order chi connectivity index (χ0) is 52.1. The van der Waals surface area contributed by atoms with Crippen LogP contribution < -0.4 is 42.5 Å². The van der Waals surface area contributed by atoms with Crippen molar-refractivity contribution < 1.29 is 38.4 Å². The number of hydrogen-bond donors (Lipinski definition) is 8. The number of likely N-dealkylation sites (N-methyl/N-ethyl adjacent to an activating group) is 2. The summed E-state index contributed by atoms with van der Waals surface area (Å²) >= 11 is 3.20. The molecule has 7 rings (SSSR count). The van der Waals surface area contributed by atoms with Gasteiger partial charge in [-0.15, -0.1) is 23.5 Å². The van der Waals surface area contributed by atoms with E-state index in [0.29, 0.717) is 74.0 Å².